The van der Waals surface area contributed by atoms with Crippen LogP contribution in [0.3, 0.4) is 0 Å². The van der Waals surface area contributed by atoms with Crippen LogP contribution in [0.5, 0.6) is 5.75 Å². The van der Waals surface area contributed by atoms with Gasteiger partial charge in [-0.25, -0.2) is 0 Å². The number of aliphatic hydroxyl groups excluding tert-OH is 1. The van der Waals surface area contributed by atoms with Gasteiger partial charge in [-0.1, -0.05) is 12.5 Å². The molecule has 1 aliphatic heterocycles. The topological polar surface area (TPSA) is 58.7 Å². The first-order valence-corrected chi connectivity index (χ1v) is 9.00. The highest BCUT2D eigenvalue weighted by Gasteiger charge is 2.21. The molecule has 1 heterocycles. The number of ether oxygens (including phenoxy) is 1. The van der Waals surface area contributed by atoms with E-state index in [1.165, 1.54) is 31.4 Å². The van der Waals surface area contributed by atoms with Gasteiger partial charge in [0, 0.05) is 12.6 Å². The van der Waals surface area contributed by atoms with Crippen LogP contribution in [0.2, 0.25) is 0 Å². The molecule has 4 heteroatoms. The van der Waals surface area contributed by atoms with E-state index in [0.717, 1.165) is 37.2 Å². The van der Waals surface area contributed by atoms with E-state index in [0.29, 0.717) is 12.6 Å². The number of nitrogens with zero attached hydrogens (tertiary/aromatic N) is 1. The lowest BCUT2D eigenvalue weighted by Gasteiger charge is -2.35. The first-order valence-electron chi connectivity index (χ1n) is 9.00. The molecule has 1 fully saturated rings. The number of benzene rings is 1. The summed E-state index contributed by atoms with van der Waals surface area (Å²) in [6.07, 6.45) is 7.04. The van der Waals surface area contributed by atoms with Gasteiger partial charge in [0.1, 0.15) is 5.75 Å². The third kappa shape index (κ3) is 5.70. The maximum Gasteiger partial charge on any atom is 0.142 e. The van der Waals surface area contributed by atoms with E-state index in [9.17, 15) is 5.11 Å². The summed E-state index contributed by atoms with van der Waals surface area (Å²) in [5.41, 5.74) is 8.08. The summed E-state index contributed by atoms with van der Waals surface area (Å²) in [6.45, 7) is 6.60. The molecule has 130 valence electrons. The summed E-state index contributed by atoms with van der Waals surface area (Å²) in [5, 5.41) is 9.21. The summed E-state index contributed by atoms with van der Waals surface area (Å²) >= 11 is 0. The molecule has 0 spiro atoms. The summed E-state index contributed by atoms with van der Waals surface area (Å²) in [7, 11) is 0. The molecule has 0 aromatic heterocycles. The fourth-order valence-electron chi connectivity index (χ4n) is 3.43. The number of hydrogen-bond acceptors (Lipinski definition) is 4. The lowest BCUT2D eigenvalue weighted by molar-refractivity contribution is 0.118. The molecule has 0 aliphatic carbocycles. The molecule has 0 bridgehead atoms. The van der Waals surface area contributed by atoms with E-state index in [2.05, 4.69) is 11.0 Å². The first-order chi connectivity index (χ1) is 11.1. The van der Waals surface area contributed by atoms with Crippen LogP contribution in [0.4, 0.5) is 5.69 Å². The Kier molecular flexibility index (Phi) is 7.18. The van der Waals surface area contributed by atoms with E-state index < -0.39 is 0 Å². The Balaban J connectivity index is 1.82. The molecule has 3 N–H and O–H groups in total. The Morgan fingerprint density at radius 1 is 1.35 bits per heavy atom. The standard InChI is InChI=1S/C19H32N2O2/c1-15(2)23-19-9-8-16(14-18(19)20)6-5-12-21-11-4-3-7-17(21)10-13-22/h8-9,14-15,17,22H,3-7,10-13,20H2,1-2H3. The Bertz CT molecular complexity index is 474. The lowest BCUT2D eigenvalue weighted by atomic mass is 9.99. The Hall–Kier alpha value is -1.26. The molecule has 1 atom stereocenters. The molecule has 2 rings (SSSR count). The highest BCUT2D eigenvalue weighted by Crippen LogP contribution is 2.25. The normalized spacial score (nSPS) is 19.2. The number of likely N-dealkylation sites (tertiary alicyclic amines) is 1. The zero-order valence-corrected chi connectivity index (χ0v) is 14.6. The summed E-state index contributed by atoms with van der Waals surface area (Å²) in [4.78, 5) is 2.55. The fourth-order valence-corrected chi connectivity index (χ4v) is 3.43. The Morgan fingerprint density at radius 3 is 2.87 bits per heavy atom. The molecule has 4 nitrogen and oxygen atoms in total. The van der Waals surface area contributed by atoms with Crippen molar-refractivity contribution in [2.24, 2.45) is 0 Å². The largest absolute Gasteiger partial charge is 0.489 e. The van der Waals surface area contributed by atoms with Crippen molar-refractivity contribution >= 4 is 5.69 Å². The second kappa shape index (κ2) is 9.14. The maximum absolute atomic E-state index is 9.21. The van der Waals surface area contributed by atoms with E-state index in [1.807, 2.05) is 26.0 Å². The first kappa shape index (κ1) is 18.1. The summed E-state index contributed by atoms with van der Waals surface area (Å²) in [5.74, 6) is 0.780. The number of piperidine rings is 1. The molecule has 1 saturated heterocycles. The molecular weight excluding hydrogens is 288 g/mol. The molecular formula is C19H32N2O2. The number of rotatable bonds is 8. The average Bonchev–Trinajstić information content (AvgIpc) is 2.51. The number of aryl methyl sites for hydroxylation is 1. The number of aliphatic hydroxyl groups is 1. The number of nitrogen functional groups attached to an aromatic ring is 1. The molecule has 1 unspecified atom stereocenters. The van der Waals surface area contributed by atoms with Crippen LogP contribution in [-0.2, 0) is 6.42 Å². The van der Waals surface area contributed by atoms with Crippen molar-refractivity contribution in [3.05, 3.63) is 23.8 Å². The van der Waals surface area contributed by atoms with Crippen molar-refractivity contribution in [1.29, 1.82) is 0 Å². The Morgan fingerprint density at radius 2 is 2.17 bits per heavy atom. The van der Waals surface area contributed by atoms with Crippen molar-refractivity contribution in [3.8, 4) is 5.75 Å². The average molecular weight is 320 g/mol. The van der Waals surface area contributed by atoms with Crippen LogP contribution in [0.15, 0.2) is 18.2 Å². The zero-order chi connectivity index (χ0) is 16.7. The zero-order valence-electron chi connectivity index (χ0n) is 14.6. The van der Waals surface area contributed by atoms with E-state index in [4.69, 9.17) is 10.5 Å². The minimum atomic E-state index is 0.144. The van der Waals surface area contributed by atoms with Crippen LogP contribution in [-0.4, -0.2) is 41.8 Å². The van der Waals surface area contributed by atoms with Gasteiger partial charge in [0.2, 0.25) is 0 Å². The fraction of sp³-hybridized carbons (Fsp3) is 0.684. The number of anilines is 1. The van der Waals surface area contributed by atoms with Crippen molar-refractivity contribution in [1.82, 2.24) is 4.90 Å². The van der Waals surface area contributed by atoms with Crippen molar-refractivity contribution in [2.45, 2.75) is 64.5 Å². The van der Waals surface area contributed by atoms with Gasteiger partial charge in [0.25, 0.3) is 0 Å². The van der Waals surface area contributed by atoms with Crippen molar-refractivity contribution in [2.75, 3.05) is 25.4 Å². The predicted octanol–water partition coefficient (Wildman–Crippen LogP) is 3.23. The van der Waals surface area contributed by atoms with Crippen LogP contribution in [0, 0.1) is 0 Å². The predicted molar refractivity (Wildman–Crippen MR) is 95.9 cm³/mol. The second-order valence-electron chi connectivity index (χ2n) is 6.84. The van der Waals surface area contributed by atoms with Gasteiger partial charge in [0.15, 0.2) is 0 Å². The summed E-state index contributed by atoms with van der Waals surface area (Å²) in [6, 6.07) is 6.72. The van der Waals surface area contributed by atoms with Crippen LogP contribution >= 0.6 is 0 Å². The van der Waals surface area contributed by atoms with Crippen LogP contribution in [0.1, 0.15) is 51.5 Å². The molecule has 1 aromatic carbocycles. The van der Waals surface area contributed by atoms with Gasteiger partial charge in [-0.05, 0) is 76.7 Å². The minimum Gasteiger partial charge on any atom is -0.489 e. The highest BCUT2D eigenvalue weighted by molar-refractivity contribution is 5.54. The SMILES string of the molecule is CC(C)Oc1ccc(CCCN2CCCCC2CCO)cc1N. The van der Waals surface area contributed by atoms with Gasteiger partial charge in [-0.2, -0.15) is 0 Å². The second-order valence-corrected chi connectivity index (χ2v) is 6.84. The van der Waals surface area contributed by atoms with Crippen LogP contribution < -0.4 is 10.5 Å². The number of hydrogen-bond donors (Lipinski definition) is 2. The molecule has 0 radical (unpaired) electrons. The Labute approximate surface area is 140 Å². The smallest absolute Gasteiger partial charge is 0.142 e. The summed E-state index contributed by atoms with van der Waals surface area (Å²) < 4.78 is 5.68. The van der Waals surface area contributed by atoms with Gasteiger partial charge in [-0.3, -0.25) is 0 Å². The van der Waals surface area contributed by atoms with Gasteiger partial charge < -0.3 is 20.5 Å². The molecule has 23 heavy (non-hydrogen) atoms. The monoisotopic (exact) mass is 320 g/mol. The van der Waals surface area contributed by atoms with E-state index >= 15 is 0 Å². The van der Waals surface area contributed by atoms with Gasteiger partial charge in [0.05, 0.1) is 11.8 Å². The van der Waals surface area contributed by atoms with Crippen molar-refractivity contribution in [3.63, 3.8) is 0 Å². The lowest BCUT2D eigenvalue weighted by Crippen LogP contribution is -2.40. The highest BCUT2D eigenvalue weighted by atomic mass is 16.5. The third-order valence-corrected chi connectivity index (χ3v) is 4.56. The third-order valence-electron chi connectivity index (χ3n) is 4.56. The minimum absolute atomic E-state index is 0.144. The van der Waals surface area contributed by atoms with E-state index in [-0.39, 0.29) is 6.10 Å². The maximum atomic E-state index is 9.21. The van der Waals surface area contributed by atoms with Gasteiger partial charge >= 0.3 is 0 Å². The molecule has 0 saturated carbocycles. The number of nitrogens with two attached hydrogens (primary N) is 1. The molecule has 0 amide bonds. The van der Waals surface area contributed by atoms with Crippen LogP contribution in [0.25, 0.3) is 0 Å². The van der Waals surface area contributed by atoms with Gasteiger partial charge in [-0.15, -0.1) is 0 Å². The van der Waals surface area contributed by atoms with E-state index in [1.54, 1.807) is 0 Å². The van der Waals surface area contributed by atoms with Crippen molar-refractivity contribution < 1.29 is 9.84 Å². The molecule has 1 aliphatic rings. The quantitative estimate of drug-likeness (QED) is 0.722. The molecule has 1 aromatic rings.